The Balaban J connectivity index is 1.48. The Hall–Kier alpha value is -4.47. The van der Waals surface area contributed by atoms with Crippen molar-refractivity contribution < 1.29 is 9.21 Å². The van der Waals surface area contributed by atoms with E-state index in [4.69, 9.17) is 15.9 Å². The van der Waals surface area contributed by atoms with Crippen molar-refractivity contribution in [2.24, 2.45) is 16.5 Å². The third-order valence-corrected chi connectivity index (χ3v) is 6.30. The first-order valence-corrected chi connectivity index (χ1v) is 11.8. The van der Waals surface area contributed by atoms with E-state index in [0.29, 0.717) is 28.0 Å². The van der Waals surface area contributed by atoms with Crippen molar-refractivity contribution in [1.29, 1.82) is 0 Å². The average Bonchev–Trinajstić information content (AvgIpc) is 2.85. The van der Waals surface area contributed by atoms with E-state index < -0.39 is 11.5 Å². The number of hydrogen-bond acceptors (Lipinski definition) is 7. The molecule has 10 nitrogen and oxygen atoms in total. The lowest BCUT2D eigenvalue weighted by atomic mass is 9.90. The second-order valence-electron chi connectivity index (χ2n) is 9.03. The van der Waals surface area contributed by atoms with Crippen molar-refractivity contribution in [3.63, 3.8) is 0 Å². The van der Waals surface area contributed by atoms with Crippen molar-refractivity contribution in [1.82, 2.24) is 9.97 Å². The number of aryl methyl sites for hydroxylation is 1. The molecule has 1 saturated carbocycles. The van der Waals surface area contributed by atoms with Crippen LogP contribution in [-0.2, 0) is 0 Å². The maximum Gasteiger partial charge on any atom is 0.336 e. The second-order valence-corrected chi connectivity index (χ2v) is 9.03. The minimum Gasteiger partial charge on any atom is -0.423 e. The van der Waals surface area contributed by atoms with Crippen LogP contribution in [0.15, 0.2) is 62.7 Å². The molecular formula is C26H27N7O3. The monoisotopic (exact) mass is 485 g/mol. The molecule has 2 heterocycles. The van der Waals surface area contributed by atoms with E-state index in [2.05, 4.69) is 25.6 Å². The molecule has 5 rings (SSSR count). The molecule has 10 heteroatoms. The van der Waals surface area contributed by atoms with E-state index in [1.165, 1.54) is 6.07 Å². The third kappa shape index (κ3) is 4.97. The van der Waals surface area contributed by atoms with Crippen molar-refractivity contribution in [2.45, 2.75) is 44.7 Å². The Morgan fingerprint density at radius 1 is 1.06 bits per heavy atom. The molecule has 1 aliphatic carbocycles. The van der Waals surface area contributed by atoms with Crippen LogP contribution in [0.25, 0.3) is 21.9 Å². The number of amides is 1. The smallest absolute Gasteiger partial charge is 0.336 e. The van der Waals surface area contributed by atoms with Gasteiger partial charge in [-0.2, -0.15) is 0 Å². The molecule has 0 saturated heterocycles. The van der Waals surface area contributed by atoms with Gasteiger partial charge < -0.3 is 26.5 Å². The lowest BCUT2D eigenvalue weighted by Crippen LogP contribution is -2.38. The first kappa shape index (κ1) is 23.3. The summed E-state index contributed by atoms with van der Waals surface area (Å²) >= 11 is 0. The molecule has 0 spiro atoms. The summed E-state index contributed by atoms with van der Waals surface area (Å²) < 4.78 is 5.16. The van der Waals surface area contributed by atoms with E-state index in [-0.39, 0.29) is 23.9 Å². The summed E-state index contributed by atoms with van der Waals surface area (Å²) in [5.74, 6) is 0.202. The first-order valence-electron chi connectivity index (χ1n) is 11.8. The molecule has 1 amide bonds. The van der Waals surface area contributed by atoms with E-state index >= 15 is 0 Å². The summed E-state index contributed by atoms with van der Waals surface area (Å²) in [5.41, 5.74) is 13.6. The van der Waals surface area contributed by atoms with E-state index in [1.54, 1.807) is 24.3 Å². The topological polar surface area (TPSA) is 162 Å². The maximum atomic E-state index is 13.2. The second kappa shape index (κ2) is 9.65. The zero-order valence-corrected chi connectivity index (χ0v) is 19.8. The van der Waals surface area contributed by atoms with Crippen LogP contribution in [-0.4, -0.2) is 33.9 Å². The number of hydrogen-bond donors (Lipinski definition) is 4. The highest BCUT2D eigenvalue weighted by molar-refractivity contribution is 6.04. The summed E-state index contributed by atoms with van der Waals surface area (Å²) in [6.07, 6.45) is 3.85. The van der Waals surface area contributed by atoms with Crippen molar-refractivity contribution in [3.8, 4) is 0 Å². The number of benzene rings is 2. The fraction of sp³-hybridized carbons (Fsp3) is 0.269. The Bertz CT molecular complexity index is 1540. The Labute approximate surface area is 206 Å². The van der Waals surface area contributed by atoms with Gasteiger partial charge >= 0.3 is 5.63 Å². The van der Waals surface area contributed by atoms with Gasteiger partial charge in [0.25, 0.3) is 5.91 Å². The molecule has 0 aliphatic heterocycles. The molecule has 4 aromatic rings. The lowest BCUT2D eigenvalue weighted by molar-refractivity contribution is 0.101. The van der Waals surface area contributed by atoms with E-state index in [1.807, 2.05) is 25.1 Å². The summed E-state index contributed by atoms with van der Waals surface area (Å²) in [6.45, 7) is 1.99. The molecule has 184 valence electrons. The molecule has 2 aromatic heterocycles. The van der Waals surface area contributed by atoms with Crippen LogP contribution in [0.1, 0.15) is 41.9 Å². The number of nitrogens with two attached hydrogens (primary N) is 2. The number of aliphatic imine (C=N–C) groups is 1. The van der Waals surface area contributed by atoms with Crippen LogP contribution in [0.4, 0.5) is 11.5 Å². The highest BCUT2D eigenvalue weighted by Gasteiger charge is 2.26. The standard InChI is InChI=1S/C26H27N7O3/c1-14-6-9-18-17(12-14)23(31-19-4-2-3-5-20(19)32-26(27)28)33-24(30-18)25(35)29-16-8-10-21-15(13-16)7-11-22(34)36-21/h6-13,19-20H,2-5H2,1H3,(H,29,35)(H4,27,28,32)(H,30,31,33)/t19-,20+/m0/s1. The van der Waals surface area contributed by atoms with Gasteiger partial charge in [0.05, 0.1) is 17.6 Å². The quantitative estimate of drug-likeness (QED) is 0.190. The van der Waals surface area contributed by atoms with E-state index in [9.17, 15) is 9.59 Å². The Morgan fingerprint density at radius 2 is 1.89 bits per heavy atom. The molecule has 0 unspecified atom stereocenters. The number of rotatable bonds is 5. The minimum absolute atomic E-state index is 0.0227. The third-order valence-electron chi connectivity index (χ3n) is 6.30. The van der Waals surface area contributed by atoms with Crippen LogP contribution in [0.2, 0.25) is 0 Å². The lowest BCUT2D eigenvalue weighted by Gasteiger charge is -2.30. The number of carbonyl (C=O) groups is 1. The molecule has 2 aromatic carbocycles. The minimum atomic E-state index is -0.457. The molecule has 36 heavy (non-hydrogen) atoms. The fourth-order valence-electron chi connectivity index (χ4n) is 4.59. The number of guanidine groups is 1. The van der Waals surface area contributed by atoms with Crippen LogP contribution >= 0.6 is 0 Å². The van der Waals surface area contributed by atoms with Crippen molar-refractivity contribution >= 4 is 45.2 Å². The van der Waals surface area contributed by atoms with Gasteiger partial charge in [-0.3, -0.25) is 4.79 Å². The number of nitrogens with zero attached hydrogens (tertiary/aromatic N) is 3. The number of anilines is 2. The van der Waals surface area contributed by atoms with Gasteiger partial charge in [0.1, 0.15) is 11.4 Å². The summed E-state index contributed by atoms with van der Waals surface area (Å²) in [4.78, 5) is 38.2. The van der Waals surface area contributed by atoms with Gasteiger partial charge in [0.15, 0.2) is 5.96 Å². The summed E-state index contributed by atoms with van der Waals surface area (Å²) in [7, 11) is 0. The van der Waals surface area contributed by atoms with Crippen molar-refractivity contribution in [3.05, 3.63) is 70.3 Å². The highest BCUT2D eigenvalue weighted by atomic mass is 16.4. The predicted octanol–water partition coefficient (Wildman–Crippen LogP) is 3.29. The first-order chi connectivity index (χ1) is 17.4. The van der Waals surface area contributed by atoms with Gasteiger partial charge in [0.2, 0.25) is 5.82 Å². The average molecular weight is 486 g/mol. The molecule has 2 atom stereocenters. The number of fused-ring (bicyclic) bond motifs is 2. The number of carbonyl (C=O) groups excluding carboxylic acids is 1. The SMILES string of the molecule is Cc1ccc2nc(C(=O)Nc3ccc4oc(=O)ccc4c3)nc(N[C@H]3CCCC[C@H]3N=C(N)N)c2c1. The van der Waals surface area contributed by atoms with Crippen LogP contribution < -0.4 is 27.7 Å². The molecule has 6 N–H and O–H groups in total. The van der Waals surface area contributed by atoms with Crippen LogP contribution in [0.3, 0.4) is 0 Å². The predicted molar refractivity (Wildman–Crippen MR) is 140 cm³/mol. The molecule has 1 fully saturated rings. The maximum absolute atomic E-state index is 13.2. The molecule has 1 aliphatic rings. The number of nitrogens with one attached hydrogen (secondary N) is 2. The van der Waals surface area contributed by atoms with E-state index in [0.717, 1.165) is 36.6 Å². The number of aromatic nitrogens is 2. The molecule has 0 bridgehead atoms. The van der Waals surface area contributed by atoms with Gasteiger partial charge in [0, 0.05) is 22.5 Å². The highest BCUT2D eigenvalue weighted by Crippen LogP contribution is 2.28. The normalized spacial score (nSPS) is 17.6. The Morgan fingerprint density at radius 3 is 2.72 bits per heavy atom. The van der Waals surface area contributed by atoms with Crippen LogP contribution in [0, 0.1) is 6.92 Å². The summed E-state index contributed by atoms with van der Waals surface area (Å²) in [6, 6.07) is 13.7. The van der Waals surface area contributed by atoms with Gasteiger partial charge in [-0.05, 0) is 56.2 Å². The van der Waals surface area contributed by atoms with Gasteiger partial charge in [-0.25, -0.2) is 19.8 Å². The molecular weight excluding hydrogens is 458 g/mol. The zero-order valence-electron chi connectivity index (χ0n) is 19.8. The largest absolute Gasteiger partial charge is 0.423 e. The van der Waals surface area contributed by atoms with Gasteiger partial charge in [-0.15, -0.1) is 0 Å². The van der Waals surface area contributed by atoms with Crippen LogP contribution in [0.5, 0.6) is 0 Å². The molecule has 0 radical (unpaired) electrons. The summed E-state index contributed by atoms with van der Waals surface area (Å²) in [5, 5.41) is 7.85. The fourth-order valence-corrected chi connectivity index (χ4v) is 4.59. The van der Waals surface area contributed by atoms with Crippen molar-refractivity contribution in [2.75, 3.05) is 10.6 Å². The van der Waals surface area contributed by atoms with Gasteiger partial charge in [-0.1, -0.05) is 24.5 Å². The zero-order chi connectivity index (χ0) is 25.2. The Kier molecular flexibility index (Phi) is 6.24.